The Labute approximate surface area is 155 Å². The maximum Gasteiger partial charge on any atom is 0.220 e. The minimum atomic E-state index is 0. The first-order valence-electron chi connectivity index (χ1n) is 7.57. The Hall–Kier alpha value is -1.72. The molecule has 1 aromatic carbocycles. The molecule has 0 saturated carbocycles. The molecule has 24 heavy (non-hydrogen) atoms. The molecule has 2 rings (SSSR count). The van der Waals surface area contributed by atoms with Gasteiger partial charge in [0.1, 0.15) is 0 Å². The van der Waals surface area contributed by atoms with Crippen LogP contribution in [0.1, 0.15) is 28.9 Å². The number of halogens is 2. The third kappa shape index (κ3) is 6.06. The van der Waals surface area contributed by atoms with E-state index in [9.17, 15) is 4.79 Å². The number of hydrogen-bond donors (Lipinski definition) is 2. The second kappa shape index (κ2) is 10.2. The molecule has 1 aromatic heterocycles. The number of rotatable bonds is 6. The average Bonchev–Trinajstić information content (AvgIpc) is 2.72. The molecule has 0 saturated heterocycles. The second-order valence-corrected chi connectivity index (χ2v) is 5.61. The minimum Gasteiger partial charge on any atom is -0.399 e. The van der Waals surface area contributed by atoms with Crippen molar-refractivity contribution < 1.29 is 4.79 Å². The fourth-order valence-corrected chi connectivity index (χ4v) is 2.54. The minimum absolute atomic E-state index is 0. The van der Waals surface area contributed by atoms with Crippen molar-refractivity contribution in [1.82, 2.24) is 15.1 Å². The van der Waals surface area contributed by atoms with Gasteiger partial charge in [0.15, 0.2) is 0 Å². The summed E-state index contributed by atoms with van der Waals surface area (Å²) in [7, 11) is 1.93. The number of aromatic nitrogens is 2. The molecular formula is C17H26Cl2N4O. The van der Waals surface area contributed by atoms with Crippen LogP contribution in [0.5, 0.6) is 0 Å². The highest BCUT2D eigenvalue weighted by atomic mass is 35.5. The number of nitrogen functional groups attached to an aromatic ring is 1. The summed E-state index contributed by atoms with van der Waals surface area (Å²) in [6, 6.07) is 7.74. The van der Waals surface area contributed by atoms with Gasteiger partial charge < -0.3 is 11.1 Å². The van der Waals surface area contributed by atoms with Gasteiger partial charge in [-0.2, -0.15) is 5.10 Å². The van der Waals surface area contributed by atoms with E-state index in [1.165, 1.54) is 11.1 Å². The SMILES string of the molecule is Cc1nn(C)c(C)c1CCC(=O)NCCc1ccc(N)cc1.Cl.Cl. The van der Waals surface area contributed by atoms with Crippen LogP contribution in [0.3, 0.4) is 0 Å². The summed E-state index contributed by atoms with van der Waals surface area (Å²) in [4.78, 5) is 11.9. The van der Waals surface area contributed by atoms with Crippen LogP contribution in [0, 0.1) is 13.8 Å². The fraction of sp³-hybridized carbons (Fsp3) is 0.412. The summed E-state index contributed by atoms with van der Waals surface area (Å²) < 4.78 is 1.86. The predicted molar refractivity (Wildman–Crippen MR) is 103 cm³/mol. The molecule has 2 aromatic rings. The number of nitrogens with two attached hydrogens (primary N) is 1. The van der Waals surface area contributed by atoms with E-state index in [-0.39, 0.29) is 30.7 Å². The number of nitrogens with zero attached hydrogens (tertiary/aromatic N) is 2. The number of carbonyl (C=O) groups is 1. The van der Waals surface area contributed by atoms with E-state index in [4.69, 9.17) is 5.73 Å². The Bertz CT molecular complexity index is 653. The number of aryl methyl sites for hydroxylation is 2. The van der Waals surface area contributed by atoms with Crippen LogP contribution >= 0.6 is 24.8 Å². The van der Waals surface area contributed by atoms with E-state index in [2.05, 4.69) is 10.4 Å². The van der Waals surface area contributed by atoms with Crippen molar-refractivity contribution in [2.24, 2.45) is 7.05 Å². The van der Waals surface area contributed by atoms with Crippen LogP contribution in [0.4, 0.5) is 5.69 Å². The second-order valence-electron chi connectivity index (χ2n) is 5.61. The number of nitrogens with one attached hydrogen (secondary N) is 1. The smallest absolute Gasteiger partial charge is 0.220 e. The van der Waals surface area contributed by atoms with Crippen molar-refractivity contribution in [2.45, 2.75) is 33.1 Å². The fourth-order valence-electron chi connectivity index (χ4n) is 2.54. The van der Waals surface area contributed by atoms with Gasteiger partial charge in [0.05, 0.1) is 5.69 Å². The maximum atomic E-state index is 11.9. The lowest BCUT2D eigenvalue weighted by Gasteiger charge is -2.06. The van der Waals surface area contributed by atoms with Crippen LogP contribution in [0.15, 0.2) is 24.3 Å². The largest absolute Gasteiger partial charge is 0.399 e. The third-order valence-corrected chi connectivity index (χ3v) is 3.98. The lowest BCUT2D eigenvalue weighted by Crippen LogP contribution is -2.26. The zero-order chi connectivity index (χ0) is 16.1. The van der Waals surface area contributed by atoms with Gasteiger partial charge in [-0.3, -0.25) is 9.48 Å². The summed E-state index contributed by atoms with van der Waals surface area (Å²) in [5.41, 5.74) is 10.9. The molecule has 3 N–H and O–H groups in total. The highest BCUT2D eigenvalue weighted by molar-refractivity contribution is 5.85. The van der Waals surface area contributed by atoms with Crippen molar-refractivity contribution in [2.75, 3.05) is 12.3 Å². The summed E-state index contributed by atoms with van der Waals surface area (Å²) in [5, 5.41) is 7.34. The van der Waals surface area contributed by atoms with Gasteiger partial charge in [0.25, 0.3) is 0 Å². The highest BCUT2D eigenvalue weighted by Crippen LogP contribution is 2.13. The van der Waals surface area contributed by atoms with Gasteiger partial charge in [0.2, 0.25) is 5.91 Å². The molecule has 0 bridgehead atoms. The van der Waals surface area contributed by atoms with E-state index in [1.807, 2.05) is 49.8 Å². The molecule has 0 unspecified atom stereocenters. The number of anilines is 1. The van der Waals surface area contributed by atoms with E-state index in [0.29, 0.717) is 13.0 Å². The molecular weight excluding hydrogens is 347 g/mol. The molecule has 1 heterocycles. The molecule has 0 spiro atoms. The van der Waals surface area contributed by atoms with Crippen molar-refractivity contribution in [3.63, 3.8) is 0 Å². The molecule has 5 nitrogen and oxygen atoms in total. The summed E-state index contributed by atoms with van der Waals surface area (Å²) in [6.45, 7) is 4.67. The Morgan fingerprint density at radius 3 is 2.33 bits per heavy atom. The lowest BCUT2D eigenvalue weighted by atomic mass is 10.1. The quantitative estimate of drug-likeness (QED) is 0.765. The number of amides is 1. The van der Waals surface area contributed by atoms with Gasteiger partial charge in [-0.25, -0.2) is 0 Å². The van der Waals surface area contributed by atoms with Crippen molar-refractivity contribution in [3.05, 3.63) is 46.8 Å². The first-order valence-corrected chi connectivity index (χ1v) is 7.57. The molecule has 0 aliphatic rings. The van der Waals surface area contributed by atoms with Gasteiger partial charge in [-0.15, -0.1) is 24.8 Å². The highest BCUT2D eigenvalue weighted by Gasteiger charge is 2.11. The molecule has 0 atom stereocenters. The Morgan fingerprint density at radius 1 is 1.17 bits per heavy atom. The van der Waals surface area contributed by atoms with Crippen molar-refractivity contribution >= 4 is 36.4 Å². The van der Waals surface area contributed by atoms with Crippen molar-refractivity contribution in [3.8, 4) is 0 Å². The molecule has 1 amide bonds. The normalized spacial score (nSPS) is 9.79. The summed E-state index contributed by atoms with van der Waals surface area (Å²) in [5.74, 6) is 0.0816. The third-order valence-electron chi connectivity index (χ3n) is 3.98. The van der Waals surface area contributed by atoms with Crippen LogP contribution in [0.25, 0.3) is 0 Å². The molecule has 0 aliphatic heterocycles. The molecule has 134 valence electrons. The van der Waals surface area contributed by atoms with Gasteiger partial charge in [0, 0.05) is 31.4 Å². The maximum absolute atomic E-state index is 11.9. The standard InChI is InChI=1S/C17H24N4O.2ClH/c1-12-16(13(2)21(3)20-12)8-9-17(22)19-11-10-14-4-6-15(18)7-5-14;;/h4-7H,8-11,18H2,1-3H3,(H,19,22);2*1H. The molecule has 0 fully saturated rings. The van der Waals surface area contributed by atoms with Crippen LogP contribution in [0.2, 0.25) is 0 Å². The summed E-state index contributed by atoms with van der Waals surface area (Å²) in [6.07, 6.45) is 2.05. The van der Waals surface area contributed by atoms with Crippen molar-refractivity contribution in [1.29, 1.82) is 0 Å². The number of benzene rings is 1. The molecule has 7 heteroatoms. The predicted octanol–water partition coefficient (Wildman–Crippen LogP) is 2.75. The zero-order valence-corrected chi connectivity index (χ0v) is 16.0. The van der Waals surface area contributed by atoms with Gasteiger partial charge in [-0.1, -0.05) is 12.1 Å². The average molecular weight is 373 g/mol. The zero-order valence-electron chi connectivity index (χ0n) is 14.3. The van der Waals surface area contributed by atoms with Crippen LogP contribution in [-0.2, 0) is 24.7 Å². The molecule has 0 aliphatic carbocycles. The first-order chi connectivity index (χ1) is 10.5. The number of hydrogen-bond acceptors (Lipinski definition) is 3. The van der Waals surface area contributed by atoms with E-state index in [0.717, 1.165) is 29.9 Å². The Morgan fingerprint density at radius 2 is 1.79 bits per heavy atom. The van der Waals surface area contributed by atoms with E-state index >= 15 is 0 Å². The molecule has 0 radical (unpaired) electrons. The van der Waals surface area contributed by atoms with E-state index < -0.39 is 0 Å². The lowest BCUT2D eigenvalue weighted by molar-refractivity contribution is -0.121. The first kappa shape index (κ1) is 22.3. The summed E-state index contributed by atoms with van der Waals surface area (Å²) >= 11 is 0. The van der Waals surface area contributed by atoms with Crippen LogP contribution < -0.4 is 11.1 Å². The Balaban J connectivity index is 0.00000264. The van der Waals surface area contributed by atoms with Gasteiger partial charge >= 0.3 is 0 Å². The topological polar surface area (TPSA) is 72.9 Å². The Kier molecular flexibility index (Phi) is 9.48. The van der Waals surface area contributed by atoms with E-state index in [1.54, 1.807) is 0 Å². The van der Waals surface area contributed by atoms with Crippen LogP contribution in [-0.4, -0.2) is 22.2 Å². The number of carbonyl (C=O) groups excluding carboxylic acids is 1. The monoisotopic (exact) mass is 372 g/mol. The van der Waals surface area contributed by atoms with Gasteiger partial charge in [-0.05, 0) is 49.9 Å².